The normalized spacial score (nSPS) is 12.4. The summed E-state index contributed by atoms with van der Waals surface area (Å²) in [5, 5.41) is 3.36. The minimum Gasteiger partial charge on any atom is -0.383 e. The van der Waals surface area contributed by atoms with Crippen molar-refractivity contribution < 1.29 is 4.74 Å². The largest absolute Gasteiger partial charge is 0.383 e. The summed E-state index contributed by atoms with van der Waals surface area (Å²) in [6, 6.07) is 0.466. The molecular formula is C10H19NO. The lowest BCUT2D eigenvalue weighted by atomic mass is 10.2. The fraction of sp³-hybridized carbons (Fsp3) is 0.800. The maximum absolute atomic E-state index is 5.14. The number of ether oxygens (including phenoxy) is 1. The quantitative estimate of drug-likeness (QED) is 0.459. The van der Waals surface area contributed by atoms with Gasteiger partial charge in [-0.1, -0.05) is 13.3 Å². The SMILES string of the molecule is C#CCCNC(CCC)COC. The second kappa shape index (κ2) is 8.58. The molecule has 0 fully saturated rings. The summed E-state index contributed by atoms with van der Waals surface area (Å²) in [4.78, 5) is 0. The topological polar surface area (TPSA) is 21.3 Å². The van der Waals surface area contributed by atoms with Gasteiger partial charge in [-0.3, -0.25) is 0 Å². The van der Waals surface area contributed by atoms with Crippen LogP contribution in [0.2, 0.25) is 0 Å². The second-order valence-corrected chi connectivity index (χ2v) is 2.85. The number of rotatable bonds is 7. The summed E-state index contributed by atoms with van der Waals surface area (Å²) < 4.78 is 5.07. The van der Waals surface area contributed by atoms with Crippen molar-refractivity contribution in [1.82, 2.24) is 5.32 Å². The van der Waals surface area contributed by atoms with Crippen molar-refractivity contribution in [1.29, 1.82) is 0 Å². The monoisotopic (exact) mass is 169 g/mol. The summed E-state index contributed by atoms with van der Waals surface area (Å²) in [7, 11) is 1.73. The zero-order valence-electron chi connectivity index (χ0n) is 8.10. The predicted octanol–water partition coefficient (Wildman–Crippen LogP) is 1.41. The Morgan fingerprint density at radius 1 is 1.58 bits per heavy atom. The molecule has 0 amide bonds. The van der Waals surface area contributed by atoms with Crippen LogP contribution in [0.5, 0.6) is 0 Å². The van der Waals surface area contributed by atoms with E-state index in [-0.39, 0.29) is 0 Å². The van der Waals surface area contributed by atoms with Crippen molar-refractivity contribution in [2.24, 2.45) is 0 Å². The third kappa shape index (κ3) is 6.21. The van der Waals surface area contributed by atoms with Gasteiger partial charge in [0.25, 0.3) is 0 Å². The van der Waals surface area contributed by atoms with E-state index in [0.717, 1.165) is 26.0 Å². The molecule has 0 aliphatic carbocycles. The van der Waals surface area contributed by atoms with Crippen LogP contribution in [0.25, 0.3) is 0 Å². The first-order valence-electron chi connectivity index (χ1n) is 4.50. The lowest BCUT2D eigenvalue weighted by Gasteiger charge is -2.15. The molecule has 0 spiro atoms. The Hall–Kier alpha value is -0.520. The third-order valence-corrected chi connectivity index (χ3v) is 1.71. The molecule has 0 radical (unpaired) electrons. The third-order valence-electron chi connectivity index (χ3n) is 1.71. The molecular weight excluding hydrogens is 150 g/mol. The Morgan fingerprint density at radius 3 is 2.83 bits per heavy atom. The van der Waals surface area contributed by atoms with Crippen LogP contribution >= 0.6 is 0 Å². The Bertz CT molecular complexity index is 122. The highest BCUT2D eigenvalue weighted by atomic mass is 16.5. The Labute approximate surface area is 75.7 Å². The van der Waals surface area contributed by atoms with Crippen molar-refractivity contribution in [3.8, 4) is 12.3 Å². The van der Waals surface area contributed by atoms with Gasteiger partial charge < -0.3 is 10.1 Å². The molecule has 0 aliphatic heterocycles. The van der Waals surface area contributed by atoms with E-state index in [1.807, 2.05) is 0 Å². The van der Waals surface area contributed by atoms with Crippen LogP contribution in [-0.4, -0.2) is 26.3 Å². The van der Waals surface area contributed by atoms with Gasteiger partial charge in [0.1, 0.15) is 0 Å². The zero-order valence-corrected chi connectivity index (χ0v) is 8.10. The van der Waals surface area contributed by atoms with E-state index in [0.29, 0.717) is 6.04 Å². The van der Waals surface area contributed by atoms with Crippen LogP contribution in [0.15, 0.2) is 0 Å². The summed E-state index contributed by atoms with van der Waals surface area (Å²) in [6.07, 6.45) is 8.27. The van der Waals surface area contributed by atoms with Crippen molar-refractivity contribution in [2.75, 3.05) is 20.3 Å². The Balaban J connectivity index is 3.42. The molecule has 70 valence electrons. The second-order valence-electron chi connectivity index (χ2n) is 2.85. The lowest BCUT2D eigenvalue weighted by molar-refractivity contribution is 0.162. The van der Waals surface area contributed by atoms with Crippen LogP contribution in [0.4, 0.5) is 0 Å². The predicted molar refractivity (Wildman–Crippen MR) is 52.0 cm³/mol. The molecule has 0 saturated heterocycles. The van der Waals surface area contributed by atoms with E-state index in [1.165, 1.54) is 6.42 Å². The molecule has 0 bridgehead atoms. The molecule has 0 aromatic rings. The first-order chi connectivity index (χ1) is 5.85. The maximum Gasteiger partial charge on any atom is 0.0615 e. The summed E-state index contributed by atoms with van der Waals surface area (Å²) >= 11 is 0. The van der Waals surface area contributed by atoms with Crippen LogP contribution < -0.4 is 5.32 Å². The zero-order chi connectivity index (χ0) is 9.23. The molecule has 2 nitrogen and oxygen atoms in total. The fourth-order valence-electron chi connectivity index (χ4n) is 1.14. The molecule has 0 rings (SSSR count). The van der Waals surface area contributed by atoms with Gasteiger partial charge in [-0.05, 0) is 6.42 Å². The standard InChI is InChI=1S/C10H19NO/c1-4-6-8-11-10(7-5-2)9-12-3/h1,10-11H,5-9H2,2-3H3. The first-order valence-corrected chi connectivity index (χ1v) is 4.50. The van der Waals surface area contributed by atoms with Crippen molar-refractivity contribution in [3.63, 3.8) is 0 Å². The summed E-state index contributed by atoms with van der Waals surface area (Å²) in [5.74, 6) is 2.60. The maximum atomic E-state index is 5.14. The highest BCUT2D eigenvalue weighted by Gasteiger charge is 2.04. The van der Waals surface area contributed by atoms with Gasteiger partial charge in [-0.25, -0.2) is 0 Å². The number of hydrogen-bond acceptors (Lipinski definition) is 2. The van der Waals surface area contributed by atoms with Crippen LogP contribution in [0.1, 0.15) is 26.2 Å². The summed E-state index contributed by atoms with van der Waals surface area (Å²) in [6.45, 7) is 3.84. The number of methoxy groups -OCH3 is 1. The van der Waals surface area contributed by atoms with Gasteiger partial charge in [0.05, 0.1) is 6.61 Å². The molecule has 0 heterocycles. The van der Waals surface area contributed by atoms with Gasteiger partial charge in [0.2, 0.25) is 0 Å². The highest BCUT2D eigenvalue weighted by Crippen LogP contribution is 1.96. The average Bonchev–Trinajstić information content (AvgIpc) is 2.06. The van der Waals surface area contributed by atoms with Crippen molar-refractivity contribution >= 4 is 0 Å². The van der Waals surface area contributed by atoms with Crippen LogP contribution in [-0.2, 0) is 4.74 Å². The van der Waals surface area contributed by atoms with E-state index in [1.54, 1.807) is 7.11 Å². The number of terminal acetylenes is 1. The van der Waals surface area contributed by atoms with Crippen molar-refractivity contribution in [2.45, 2.75) is 32.2 Å². The van der Waals surface area contributed by atoms with E-state index in [4.69, 9.17) is 11.2 Å². The average molecular weight is 169 g/mol. The molecule has 0 saturated carbocycles. The minimum absolute atomic E-state index is 0.466. The highest BCUT2D eigenvalue weighted by molar-refractivity contribution is 4.84. The molecule has 1 unspecified atom stereocenters. The fourth-order valence-corrected chi connectivity index (χ4v) is 1.14. The van der Waals surface area contributed by atoms with Gasteiger partial charge in [-0.15, -0.1) is 12.3 Å². The van der Waals surface area contributed by atoms with E-state index >= 15 is 0 Å². The molecule has 2 heteroatoms. The molecule has 0 aromatic heterocycles. The van der Waals surface area contributed by atoms with E-state index in [9.17, 15) is 0 Å². The van der Waals surface area contributed by atoms with Gasteiger partial charge in [0.15, 0.2) is 0 Å². The van der Waals surface area contributed by atoms with Gasteiger partial charge in [0, 0.05) is 26.1 Å². The smallest absolute Gasteiger partial charge is 0.0615 e. The molecule has 1 atom stereocenters. The number of hydrogen-bond donors (Lipinski definition) is 1. The molecule has 1 N–H and O–H groups in total. The van der Waals surface area contributed by atoms with Crippen LogP contribution in [0, 0.1) is 12.3 Å². The number of nitrogens with one attached hydrogen (secondary N) is 1. The van der Waals surface area contributed by atoms with Crippen LogP contribution in [0.3, 0.4) is 0 Å². The lowest BCUT2D eigenvalue weighted by Crippen LogP contribution is -2.33. The van der Waals surface area contributed by atoms with Gasteiger partial charge >= 0.3 is 0 Å². The molecule has 12 heavy (non-hydrogen) atoms. The molecule has 0 aliphatic rings. The Morgan fingerprint density at radius 2 is 2.33 bits per heavy atom. The van der Waals surface area contributed by atoms with Crippen molar-refractivity contribution in [3.05, 3.63) is 0 Å². The Kier molecular flexibility index (Phi) is 8.20. The van der Waals surface area contributed by atoms with E-state index in [2.05, 4.69) is 18.2 Å². The first kappa shape index (κ1) is 11.5. The summed E-state index contributed by atoms with van der Waals surface area (Å²) in [5.41, 5.74) is 0. The van der Waals surface area contributed by atoms with Gasteiger partial charge in [-0.2, -0.15) is 0 Å². The van der Waals surface area contributed by atoms with E-state index < -0.39 is 0 Å². The minimum atomic E-state index is 0.466. The molecule has 0 aromatic carbocycles.